The molecule has 1 aliphatic rings. The van der Waals surface area contributed by atoms with Gasteiger partial charge >= 0.3 is 0 Å². The summed E-state index contributed by atoms with van der Waals surface area (Å²) in [6.07, 6.45) is 3.08. The maximum absolute atomic E-state index is 10.5. The Morgan fingerprint density at radius 2 is 1.72 bits per heavy atom. The molecule has 1 aliphatic heterocycles. The van der Waals surface area contributed by atoms with Crippen molar-refractivity contribution in [1.82, 2.24) is 5.32 Å². The van der Waals surface area contributed by atoms with E-state index in [1.165, 1.54) is 5.56 Å². The average Bonchev–Trinajstić information content (AvgIpc) is 2.75. The van der Waals surface area contributed by atoms with Crippen molar-refractivity contribution in [2.24, 2.45) is 0 Å². The lowest BCUT2D eigenvalue weighted by molar-refractivity contribution is -0.731. The highest BCUT2D eigenvalue weighted by Crippen LogP contribution is 2.31. The van der Waals surface area contributed by atoms with E-state index in [9.17, 15) is 5.11 Å². The van der Waals surface area contributed by atoms with Gasteiger partial charge in [0.1, 0.15) is 11.8 Å². The summed E-state index contributed by atoms with van der Waals surface area (Å²) in [6, 6.07) is 21.5. The lowest BCUT2D eigenvalue weighted by Crippen LogP contribution is -2.89. The van der Waals surface area contributed by atoms with Gasteiger partial charge in [0.2, 0.25) is 0 Å². The van der Waals surface area contributed by atoms with Crippen LogP contribution in [-0.2, 0) is 6.42 Å². The van der Waals surface area contributed by atoms with Gasteiger partial charge in [0.25, 0.3) is 0 Å². The van der Waals surface area contributed by atoms with Crippen molar-refractivity contribution in [3.8, 4) is 5.75 Å². The summed E-state index contributed by atoms with van der Waals surface area (Å²) >= 11 is 12.5. The molecule has 3 aromatic carbocycles. The third-order valence-corrected chi connectivity index (χ3v) is 5.76. The van der Waals surface area contributed by atoms with E-state index in [1.807, 2.05) is 24.3 Å². The number of aromatic hydroxyl groups is 1. The Hall–Kier alpha value is -2.46. The minimum Gasteiger partial charge on any atom is -0.507 e. The molecule has 2 atom stereocenters. The van der Waals surface area contributed by atoms with Gasteiger partial charge in [-0.1, -0.05) is 66.5 Å². The van der Waals surface area contributed by atoms with Crippen molar-refractivity contribution in [2.45, 2.75) is 25.6 Å². The van der Waals surface area contributed by atoms with Crippen molar-refractivity contribution in [3.63, 3.8) is 0 Å². The van der Waals surface area contributed by atoms with E-state index in [0.29, 0.717) is 10.0 Å². The van der Waals surface area contributed by atoms with Crippen LogP contribution in [0.2, 0.25) is 10.0 Å². The molecule has 29 heavy (non-hydrogen) atoms. The predicted molar refractivity (Wildman–Crippen MR) is 119 cm³/mol. The topological polar surface area (TPSA) is 48.9 Å². The number of aryl methyl sites for hydroxylation is 1. The molecule has 0 spiro atoms. The van der Waals surface area contributed by atoms with E-state index >= 15 is 0 Å². The van der Waals surface area contributed by atoms with Crippen LogP contribution in [0.3, 0.4) is 0 Å². The maximum atomic E-state index is 10.5. The predicted octanol–water partition coefficient (Wildman–Crippen LogP) is 5.21. The Balaban J connectivity index is 1.76. The van der Waals surface area contributed by atoms with E-state index in [-0.39, 0.29) is 18.0 Å². The van der Waals surface area contributed by atoms with Gasteiger partial charge < -0.3 is 15.7 Å². The van der Waals surface area contributed by atoms with E-state index in [4.69, 9.17) is 23.2 Å². The molecule has 0 aliphatic carbocycles. The molecule has 0 saturated heterocycles. The number of nitrogens with one attached hydrogen (secondary N) is 1. The van der Waals surface area contributed by atoms with E-state index in [0.717, 1.165) is 28.8 Å². The van der Waals surface area contributed by atoms with Crippen LogP contribution in [0.1, 0.15) is 41.4 Å². The number of benzene rings is 3. The lowest BCUT2D eigenvalue weighted by Gasteiger charge is -2.30. The highest BCUT2D eigenvalue weighted by atomic mass is 35.5. The molecule has 2 unspecified atom stereocenters. The summed E-state index contributed by atoms with van der Waals surface area (Å²) < 4.78 is 0. The standard InChI is InChI=1S/C24H22Cl2N2O/c1-2-15-6-8-16(9-7-15)21-14-22(20-13-19(26)10-11-23(20)29)28-24(27-21)17-4-3-5-18(25)12-17/h3-14,22,24,27-29H,2H2,1H3/p+1. The summed E-state index contributed by atoms with van der Waals surface area (Å²) in [4.78, 5) is 0. The molecule has 1 heterocycles. The Morgan fingerprint density at radius 3 is 2.45 bits per heavy atom. The van der Waals surface area contributed by atoms with Crippen molar-refractivity contribution in [1.29, 1.82) is 0 Å². The largest absolute Gasteiger partial charge is 0.507 e. The molecule has 5 heteroatoms. The number of rotatable bonds is 4. The Kier molecular flexibility index (Phi) is 5.81. The molecule has 3 nitrogen and oxygen atoms in total. The first-order chi connectivity index (χ1) is 14.0. The molecular formula is C24H23Cl2N2O+. The van der Waals surface area contributed by atoms with E-state index < -0.39 is 0 Å². The summed E-state index contributed by atoms with van der Waals surface area (Å²) in [5.41, 5.74) is 5.28. The molecule has 4 rings (SSSR count). The molecular weight excluding hydrogens is 403 g/mol. The number of hydrogen-bond acceptors (Lipinski definition) is 2. The van der Waals surface area contributed by atoms with Gasteiger partial charge in [-0.05, 0) is 47.9 Å². The Bertz CT molecular complexity index is 1050. The fourth-order valence-corrected chi connectivity index (χ4v) is 4.07. The highest BCUT2D eigenvalue weighted by molar-refractivity contribution is 6.31. The lowest BCUT2D eigenvalue weighted by atomic mass is 9.97. The summed E-state index contributed by atoms with van der Waals surface area (Å²) in [5.74, 6) is 0.235. The van der Waals surface area contributed by atoms with Crippen LogP contribution in [0.4, 0.5) is 0 Å². The Morgan fingerprint density at radius 1 is 0.966 bits per heavy atom. The fourth-order valence-electron chi connectivity index (χ4n) is 3.69. The molecule has 0 bridgehead atoms. The van der Waals surface area contributed by atoms with Gasteiger partial charge in [0.15, 0.2) is 6.17 Å². The summed E-state index contributed by atoms with van der Waals surface area (Å²) in [7, 11) is 0. The number of halogens is 2. The monoisotopic (exact) mass is 425 g/mol. The van der Waals surface area contributed by atoms with E-state index in [2.05, 4.69) is 54.0 Å². The van der Waals surface area contributed by atoms with Crippen LogP contribution in [0.15, 0.2) is 72.8 Å². The minimum atomic E-state index is -0.0974. The first-order valence-electron chi connectivity index (χ1n) is 9.70. The number of nitrogens with two attached hydrogens (primary N) is 1. The van der Waals surface area contributed by atoms with Crippen LogP contribution < -0.4 is 10.6 Å². The first kappa shape index (κ1) is 19.8. The molecule has 0 amide bonds. The summed E-state index contributed by atoms with van der Waals surface area (Å²) in [5, 5.41) is 17.5. The van der Waals surface area contributed by atoms with Crippen LogP contribution in [0.5, 0.6) is 5.75 Å². The second-order valence-electron chi connectivity index (χ2n) is 7.23. The first-order valence-corrected chi connectivity index (χ1v) is 10.5. The normalized spacial score (nSPS) is 18.8. The number of hydrogen-bond donors (Lipinski definition) is 3. The van der Waals surface area contributed by atoms with Crippen LogP contribution in [0, 0.1) is 0 Å². The quantitative estimate of drug-likeness (QED) is 0.537. The number of quaternary nitrogens is 1. The zero-order valence-electron chi connectivity index (χ0n) is 16.1. The van der Waals surface area contributed by atoms with Gasteiger partial charge in [0.05, 0.1) is 5.56 Å². The van der Waals surface area contributed by atoms with Gasteiger partial charge in [-0.25, -0.2) is 0 Å². The van der Waals surface area contributed by atoms with Crippen molar-refractivity contribution < 1.29 is 10.4 Å². The van der Waals surface area contributed by atoms with Crippen LogP contribution >= 0.6 is 23.2 Å². The van der Waals surface area contributed by atoms with Gasteiger partial charge in [-0.3, -0.25) is 0 Å². The summed E-state index contributed by atoms with van der Waals surface area (Å²) in [6.45, 7) is 2.15. The molecule has 0 fully saturated rings. The highest BCUT2D eigenvalue weighted by Gasteiger charge is 2.29. The third kappa shape index (κ3) is 4.43. The van der Waals surface area contributed by atoms with Gasteiger partial charge in [0, 0.05) is 27.4 Å². The molecule has 148 valence electrons. The van der Waals surface area contributed by atoms with Crippen molar-refractivity contribution >= 4 is 28.9 Å². The fraction of sp³-hybridized carbons (Fsp3) is 0.167. The van der Waals surface area contributed by atoms with Crippen LogP contribution in [0.25, 0.3) is 5.70 Å². The number of phenolic OH excluding ortho intramolecular Hbond substituents is 1. The molecule has 0 aromatic heterocycles. The van der Waals surface area contributed by atoms with Crippen molar-refractivity contribution in [2.75, 3.05) is 0 Å². The van der Waals surface area contributed by atoms with Crippen LogP contribution in [-0.4, -0.2) is 5.11 Å². The second-order valence-corrected chi connectivity index (χ2v) is 8.10. The van der Waals surface area contributed by atoms with Crippen molar-refractivity contribution in [3.05, 3.63) is 105 Å². The zero-order valence-corrected chi connectivity index (χ0v) is 17.6. The third-order valence-electron chi connectivity index (χ3n) is 5.29. The second kappa shape index (κ2) is 8.50. The molecule has 0 saturated carbocycles. The SMILES string of the molecule is CCc1ccc(C2=CC(c3cc(Cl)ccc3O)[NH2+]C(c3cccc(Cl)c3)N2)cc1. The molecule has 0 radical (unpaired) electrons. The average molecular weight is 426 g/mol. The maximum Gasteiger partial charge on any atom is 0.186 e. The van der Waals surface area contributed by atoms with E-state index in [1.54, 1.807) is 12.1 Å². The van der Waals surface area contributed by atoms with Gasteiger partial charge in [-0.15, -0.1) is 0 Å². The Labute approximate surface area is 181 Å². The van der Waals surface area contributed by atoms with Gasteiger partial charge in [-0.2, -0.15) is 0 Å². The minimum absolute atomic E-state index is 0.0528. The number of phenols is 1. The zero-order chi connectivity index (χ0) is 20.4. The smallest absolute Gasteiger partial charge is 0.186 e. The molecule has 4 N–H and O–H groups in total. The molecule has 3 aromatic rings.